The third-order valence-electron chi connectivity index (χ3n) is 3.42. The number of rotatable bonds is 3. The molecule has 2 bridgehead atoms. The summed E-state index contributed by atoms with van der Waals surface area (Å²) < 4.78 is 21.7. The average Bonchev–Trinajstić information content (AvgIpc) is 2.87. The van der Waals surface area contributed by atoms with Gasteiger partial charge in [-0.25, -0.2) is 4.79 Å². The molecule has 2 heterocycles. The average molecular weight is 326 g/mol. The molecule has 2 rings (SSSR count). The summed E-state index contributed by atoms with van der Waals surface area (Å²) in [6.45, 7) is 10.8. The Balaban J connectivity index is 1.99. The van der Waals surface area contributed by atoms with E-state index in [1.54, 1.807) is 20.8 Å². The summed E-state index contributed by atoms with van der Waals surface area (Å²) in [6, 6.07) is 0. The van der Waals surface area contributed by atoms with Crippen LogP contribution in [-0.4, -0.2) is 41.6 Å². The number of ether oxygens (including phenoxy) is 4. The second kappa shape index (κ2) is 6.15. The Labute approximate surface area is 137 Å². The lowest BCUT2D eigenvalue weighted by molar-refractivity contribution is -0.157. The van der Waals surface area contributed by atoms with Gasteiger partial charge >= 0.3 is 12.1 Å². The second-order valence-corrected chi connectivity index (χ2v) is 7.95. The van der Waals surface area contributed by atoms with Gasteiger partial charge in [0.25, 0.3) is 0 Å². The zero-order valence-electron chi connectivity index (χ0n) is 14.6. The molecule has 0 radical (unpaired) electrons. The van der Waals surface area contributed by atoms with Crippen molar-refractivity contribution in [2.75, 3.05) is 0 Å². The van der Waals surface area contributed by atoms with E-state index in [1.165, 1.54) is 0 Å². The number of fused-ring (bicyclic) bond motifs is 2. The van der Waals surface area contributed by atoms with Crippen molar-refractivity contribution in [3.63, 3.8) is 0 Å². The van der Waals surface area contributed by atoms with Crippen molar-refractivity contribution in [2.45, 2.75) is 77.5 Å². The number of hydrogen-bond acceptors (Lipinski definition) is 6. The molecule has 0 aliphatic carbocycles. The van der Waals surface area contributed by atoms with E-state index in [2.05, 4.69) is 0 Å². The van der Waals surface area contributed by atoms with Crippen molar-refractivity contribution in [3.8, 4) is 0 Å². The van der Waals surface area contributed by atoms with E-state index in [-0.39, 0.29) is 30.5 Å². The summed E-state index contributed by atoms with van der Waals surface area (Å²) >= 11 is 0. The number of carbonyl (C=O) groups is 2. The van der Waals surface area contributed by atoms with Crippen molar-refractivity contribution in [1.29, 1.82) is 0 Å². The molecule has 1 saturated heterocycles. The van der Waals surface area contributed by atoms with Crippen LogP contribution >= 0.6 is 0 Å². The Morgan fingerprint density at radius 3 is 2.09 bits per heavy atom. The summed E-state index contributed by atoms with van der Waals surface area (Å²) in [7, 11) is 0. The normalized spacial score (nSPS) is 29.5. The van der Waals surface area contributed by atoms with Gasteiger partial charge in [-0.3, -0.25) is 4.79 Å². The first-order valence-electron chi connectivity index (χ1n) is 7.90. The summed E-state index contributed by atoms with van der Waals surface area (Å²) in [6.07, 6.45) is 2.03. The lowest BCUT2D eigenvalue weighted by Crippen LogP contribution is -2.38. The SMILES string of the molecule is CC(C)(C)OC(=O)CC1C2C=CC(O2)C1OC(=O)OC(C)(C)C. The lowest BCUT2D eigenvalue weighted by Gasteiger charge is -2.27. The van der Waals surface area contributed by atoms with Crippen LogP contribution in [0.25, 0.3) is 0 Å². The van der Waals surface area contributed by atoms with Gasteiger partial charge in [-0.15, -0.1) is 0 Å². The Hall–Kier alpha value is -1.56. The predicted octanol–water partition coefficient (Wildman–Crippen LogP) is 2.99. The summed E-state index contributed by atoms with van der Waals surface area (Å²) in [5.74, 6) is -0.586. The Kier molecular flexibility index (Phi) is 4.76. The molecule has 4 atom stereocenters. The molecule has 1 fully saturated rings. The highest BCUT2D eigenvalue weighted by atomic mass is 16.7. The van der Waals surface area contributed by atoms with Gasteiger partial charge in [-0.05, 0) is 41.5 Å². The first-order valence-corrected chi connectivity index (χ1v) is 7.90. The Morgan fingerprint density at radius 1 is 0.957 bits per heavy atom. The molecule has 2 aliphatic rings. The molecular weight excluding hydrogens is 300 g/mol. The fourth-order valence-corrected chi connectivity index (χ4v) is 2.70. The summed E-state index contributed by atoms with van der Waals surface area (Å²) in [5, 5.41) is 0. The quantitative estimate of drug-likeness (QED) is 0.586. The molecule has 0 aromatic carbocycles. The smallest absolute Gasteiger partial charge is 0.460 e. The minimum atomic E-state index is -0.749. The van der Waals surface area contributed by atoms with Crippen LogP contribution in [0.1, 0.15) is 48.0 Å². The topological polar surface area (TPSA) is 71.1 Å². The van der Waals surface area contributed by atoms with Gasteiger partial charge in [0.05, 0.1) is 12.5 Å². The van der Waals surface area contributed by atoms with Crippen LogP contribution in [-0.2, 0) is 23.7 Å². The predicted molar refractivity (Wildman–Crippen MR) is 82.9 cm³/mol. The van der Waals surface area contributed by atoms with Crippen molar-refractivity contribution in [1.82, 2.24) is 0 Å². The Bertz CT molecular complexity index is 452. The highest BCUT2D eigenvalue weighted by Crippen LogP contribution is 2.38. The van der Waals surface area contributed by atoms with Crippen LogP contribution in [0, 0.1) is 5.92 Å². The van der Waals surface area contributed by atoms with E-state index in [4.69, 9.17) is 18.9 Å². The van der Waals surface area contributed by atoms with Crippen LogP contribution in [0.5, 0.6) is 0 Å². The maximum absolute atomic E-state index is 12.1. The van der Waals surface area contributed by atoms with Crippen LogP contribution < -0.4 is 0 Å². The fourth-order valence-electron chi connectivity index (χ4n) is 2.70. The van der Waals surface area contributed by atoms with Gasteiger partial charge < -0.3 is 18.9 Å². The number of hydrogen-bond donors (Lipinski definition) is 0. The largest absolute Gasteiger partial charge is 0.509 e. The molecular formula is C17H26O6. The highest BCUT2D eigenvalue weighted by Gasteiger charge is 2.49. The van der Waals surface area contributed by atoms with Crippen LogP contribution in [0.2, 0.25) is 0 Å². The van der Waals surface area contributed by atoms with E-state index < -0.39 is 23.5 Å². The minimum absolute atomic E-state index is 0.135. The van der Waals surface area contributed by atoms with Crippen LogP contribution in [0.4, 0.5) is 4.79 Å². The van der Waals surface area contributed by atoms with Gasteiger partial charge in [0.1, 0.15) is 23.4 Å². The molecule has 23 heavy (non-hydrogen) atoms. The monoisotopic (exact) mass is 326 g/mol. The first kappa shape index (κ1) is 17.8. The van der Waals surface area contributed by atoms with Gasteiger partial charge in [0.2, 0.25) is 0 Å². The molecule has 0 spiro atoms. The Morgan fingerprint density at radius 2 is 1.52 bits per heavy atom. The third kappa shape index (κ3) is 4.96. The zero-order chi connectivity index (χ0) is 17.4. The van der Waals surface area contributed by atoms with Gasteiger partial charge in [-0.2, -0.15) is 0 Å². The summed E-state index contributed by atoms with van der Waals surface area (Å²) in [5.41, 5.74) is -1.18. The van der Waals surface area contributed by atoms with Crippen LogP contribution in [0.15, 0.2) is 12.2 Å². The fraction of sp³-hybridized carbons (Fsp3) is 0.765. The maximum atomic E-state index is 12.1. The molecule has 6 nitrogen and oxygen atoms in total. The molecule has 0 amide bonds. The van der Waals surface area contributed by atoms with Crippen molar-refractivity contribution < 1.29 is 28.5 Å². The molecule has 4 unspecified atom stereocenters. The van der Waals surface area contributed by atoms with Crippen molar-refractivity contribution >= 4 is 12.1 Å². The molecule has 0 aromatic heterocycles. The third-order valence-corrected chi connectivity index (χ3v) is 3.42. The van der Waals surface area contributed by atoms with E-state index in [1.807, 2.05) is 32.9 Å². The second-order valence-electron chi connectivity index (χ2n) is 7.95. The number of carbonyl (C=O) groups excluding carboxylic acids is 2. The molecule has 130 valence electrons. The molecule has 0 saturated carbocycles. The standard InChI is InChI=1S/C17H26O6/c1-16(2,3)22-13(18)9-10-11-7-8-12(20-11)14(10)21-15(19)23-17(4,5)6/h7-8,10-12,14H,9H2,1-6H3. The minimum Gasteiger partial charge on any atom is -0.460 e. The lowest BCUT2D eigenvalue weighted by atomic mass is 9.88. The van der Waals surface area contributed by atoms with Gasteiger partial charge in [-0.1, -0.05) is 12.2 Å². The van der Waals surface area contributed by atoms with E-state index >= 15 is 0 Å². The van der Waals surface area contributed by atoms with Crippen LogP contribution in [0.3, 0.4) is 0 Å². The maximum Gasteiger partial charge on any atom is 0.509 e. The zero-order valence-corrected chi connectivity index (χ0v) is 14.6. The van der Waals surface area contributed by atoms with Gasteiger partial charge in [0.15, 0.2) is 0 Å². The summed E-state index contributed by atoms with van der Waals surface area (Å²) in [4.78, 5) is 24.0. The van der Waals surface area contributed by atoms with E-state index in [0.717, 1.165) is 0 Å². The highest BCUT2D eigenvalue weighted by molar-refractivity contribution is 5.70. The molecule has 6 heteroatoms. The molecule has 0 N–H and O–H groups in total. The molecule has 0 aromatic rings. The van der Waals surface area contributed by atoms with Crippen molar-refractivity contribution in [3.05, 3.63) is 12.2 Å². The van der Waals surface area contributed by atoms with E-state index in [9.17, 15) is 9.59 Å². The first-order chi connectivity index (χ1) is 10.4. The number of esters is 1. The van der Waals surface area contributed by atoms with E-state index in [0.29, 0.717) is 0 Å². The van der Waals surface area contributed by atoms with Gasteiger partial charge in [0, 0.05) is 5.92 Å². The van der Waals surface area contributed by atoms with Crippen molar-refractivity contribution in [2.24, 2.45) is 5.92 Å². The molecule has 2 aliphatic heterocycles.